The first-order valence-corrected chi connectivity index (χ1v) is 11.0. The van der Waals surface area contributed by atoms with Crippen LogP contribution in [0.3, 0.4) is 0 Å². The van der Waals surface area contributed by atoms with Crippen LogP contribution >= 0.6 is 11.3 Å². The smallest absolute Gasteiger partial charge is 0.268 e. The van der Waals surface area contributed by atoms with E-state index >= 15 is 0 Å². The Bertz CT molecular complexity index is 1320. The molecule has 31 heavy (non-hydrogen) atoms. The maximum absolute atomic E-state index is 13.0. The Kier molecular flexibility index (Phi) is 4.91. The van der Waals surface area contributed by atoms with Crippen molar-refractivity contribution in [3.05, 3.63) is 74.9 Å². The van der Waals surface area contributed by atoms with E-state index in [0.29, 0.717) is 35.7 Å². The normalized spacial score (nSPS) is 17.2. The van der Waals surface area contributed by atoms with Gasteiger partial charge in [-0.3, -0.25) is 14.5 Å². The number of rotatable bonds is 4. The molecule has 0 radical (unpaired) electrons. The minimum absolute atomic E-state index is 0.0657. The summed E-state index contributed by atoms with van der Waals surface area (Å²) in [6, 6.07) is 11.2. The molecule has 1 saturated heterocycles. The van der Waals surface area contributed by atoms with Crippen molar-refractivity contribution in [2.24, 2.45) is 0 Å². The molecule has 0 bridgehead atoms. The summed E-state index contributed by atoms with van der Waals surface area (Å²) < 4.78 is 2.50. The number of amides is 1. The van der Waals surface area contributed by atoms with Crippen molar-refractivity contribution < 1.29 is 4.79 Å². The van der Waals surface area contributed by atoms with Crippen LogP contribution in [0.4, 0.5) is 0 Å². The number of aromatic amines is 1. The first-order chi connectivity index (χ1) is 15.0. The van der Waals surface area contributed by atoms with Gasteiger partial charge in [-0.05, 0) is 37.4 Å². The largest absolute Gasteiger partial charge is 0.353 e. The van der Waals surface area contributed by atoms with Gasteiger partial charge >= 0.3 is 0 Å². The summed E-state index contributed by atoms with van der Waals surface area (Å²) in [5.41, 5.74) is 4.11. The molecular formula is C22H22N6O2S. The number of nitrogens with zero attached hydrogens (tertiary/aromatic N) is 4. The van der Waals surface area contributed by atoms with E-state index in [1.165, 1.54) is 11.3 Å². The second-order valence-electron chi connectivity index (χ2n) is 7.64. The molecule has 5 rings (SSSR count). The fourth-order valence-corrected chi connectivity index (χ4v) is 4.98. The van der Waals surface area contributed by atoms with Crippen molar-refractivity contribution in [3.63, 3.8) is 0 Å². The molecule has 4 heterocycles. The molecular weight excluding hydrogens is 412 g/mol. The fourth-order valence-electron chi connectivity index (χ4n) is 4.26. The van der Waals surface area contributed by atoms with Gasteiger partial charge in [-0.1, -0.05) is 18.2 Å². The van der Waals surface area contributed by atoms with Gasteiger partial charge in [0.15, 0.2) is 0 Å². The number of H-pyrrole nitrogens is 1. The summed E-state index contributed by atoms with van der Waals surface area (Å²) in [5, 5.41) is 9.56. The summed E-state index contributed by atoms with van der Waals surface area (Å²) in [5.74, 6) is 0.491. The van der Waals surface area contributed by atoms with Crippen LogP contribution in [0.2, 0.25) is 0 Å². The zero-order valence-electron chi connectivity index (χ0n) is 17.3. The SMILES string of the molecule is Cc1nn(-c2ccccc2)c(C)c1C1C(=O)NCCN1Cc1nc2ccsc2c(=O)[nH]1. The number of aromatic nitrogens is 4. The predicted octanol–water partition coefficient (Wildman–Crippen LogP) is 2.46. The highest BCUT2D eigenvalue weighted by Crippen LogP contribution is 2.31. The summed E-state index contributed by atoms with van der Waals surface area (Å²) >= 11 is 1.38. The molecule has 0 saturated carbocycles. The van der Waals surface area contributed by atoms with Crippen LogP contribution in [-0.4, -0.2) is 43.6 Å². The number of para-hydroxylation sites is 1. The van der Waals surface area contributed by atoms with Gasteiger partial charge in [0.25, 0.3) is 5.56 Å². The van der Waals surface area contributed by atoms with Crippen LogP contribution in [0.1, 0.15) is 28.8 Å². The van der Waals surface area contributed by atoms with Gasteiger partial charge < -0.3 is 10.3 Å². The van der Waals surface area contributed by atoms with Crippen molar-refractivity contribution in [1.29, 1.82) is 0 Å². The maximum Gasteiger partial charge on any atom is 0.268 e. The van der Waals surface area contributed by atoms with E-state index in [1.54, 1.807) is 0 Å². The number of hydrogen-bond donors (Lipinski definition) is 2. The highest BCUT2D eigenvalue weighted by Gasteiger charge is 2.35. The molecule has 1 fully saturated rings. The number of fused-ring (bicyclic) bond motifs is 1. The van der Waals surface area contributed by atoms with Crippen molar-refractivity contribution in [1.82, 2.24) is 30.0 Å². The Hall–Kier alpha value is -3.30. The molecule has 3 aromatic heterocycles. The molecule has 1 atom stereocenters. The zero-order chi connectivity index (χ0) is 21.5. The molecule has 4 aromatic rings. The first kappa shape index (κ1) is 19.7. The molecule has 158 valence electrons. The lowest BCUT2D eigenvalue weighted by atomic mass is 10.00. The highest BCUT2D eigenvalue weighted by molar-refractivity contribution is 7.17. The summed E-state index contributed by atoms with van der Waals surface area (Å²) in [6.45, 7) is 5.48. The molecule has 0 aliphatic carbocycles. The third kappa shape index (κ3) is 3.45. The molecule has 1 aliphatic rings. The Labute approximate surface area is 182 Å². The maximum atomic E-state index is 13.0. The Morgan fingerprint density at radius 1 is 1.16 bits per heavy atom. The van der Waals surface area contributed by atoms with Crippen LogP contribution in [0.15, 0.2) is 46.6 Å². The average molecular weight is 435 g/mol. The standard InChI is InChI=1S/C22H22N6O2S/c1-13-18(14(2)28(26-13)15-6-4-3-5-7-15)19-21(29)23-9-10-27(19)12-17-24-16-8-11-31-20(16)22(30)25-17/h3-8,11,19H,9-10,12H2,1-2H3,(H,23,29)(H,24,25,30). The molecule has 1 aromatic carbocycles. The second-order valence-corrected chi connectivity index (χ2v) is 8.56. The predicted molar refractivity (Wildman–Crippen MR) is 119 cm³/mol. The summed E-state index contributed by atoms with van der Waals surface area (Å²) in [7, 11) is 0. The van der Waals surface area contributed by atoms with Gasteiger partial charge in [0.05, 0.1) is 23.4 Å². The van der Waals surface area contributed by atoms with Gasteiger partial charge in [-0.25, -0.2) is 9.67 Å². The fraction of sp³-hybridized carbons (Fsp3) is 0.273. The lowest BCUT2D eigenvalue weighted by Crippen LogP contribution is -2.50. The molecule has 9 heteroatoms. The van der Waals surface area contributed by atoms with Gasteiger partial charge in [-0.2, -0.15) is 5.10 Å². The van der Waals surface area contributed by atoms with E-state index in [-0.39, 0.29) is 11.5 Å². The third-order valence-electron chi connectivity index (χ3n) is 5.65. The van der Waals surface area contributed by atoms with E-state index in [4.69, 9.17) is 5.10 Å². The van der Waals surface area contributed by atoms with Crippen LogP contribution in [0.5, 0.6) is 0 Å². The molecule has 0 spiro atoms. The Morgan fingerprint density at radius 3 is 2.77 bits per heavy atom. The zero-order valence-corrected chi connectivity index (χ0v) is 18.1. The topological polar surface area (TPSA) is 95.9 Å². The highest BCUT2D eigenvalue weighted by atomic mass is 32.1. The number of carbonyl (C=O) groups is 1. The third-order valence-corrected chi connectivity index (χ3v) is 6.55. The van der Waals surface area contributed by atoms with Crippen LogP contribution in [0.25, 0.3) is 15.9 Å². The molecule has 1 unspecified atom stereocenters. The van der Waals surface area contributed by atoms with Gasteiger partial charge in [0.2, 0.25) is 5.91 Å². The second kappa shape index (κ2) is 7.75. The minimum atomic E-state index is -0.505. The van der Waals surface area contributed by atoms with Crippen molar-refractivity contribution in [2.45, 2.75) is 26.4 Å². The number of benzene rings is 1. The minimum Gasteiger partial charge on any atom is -0.353 e. The van der Waals surface area contributed by atoms with Gasteiger partial charge in [0.1, 0.15) is 16.6 Å². The summed E-state index contributed by atoms with van der Waals surface area (Å²) in [6.07, 6.45) is 0. The van der Waals surface area contributed by atoms with Gasteiger partial charge in [-0.15, -0.1) is 11.3 Å². The first-order valence-electron chi connectivity index (χ1n) is 10.1. The number of hydrogen-bond acceptors (Lipinski definition) is 6. The van der Waals surface area contributed by atoms with E-state index in [0.717, 1.165) is 22.6 Å². The quantitative estimate of drug-likeness (QED) is 0.514. The average Bonchev–Trinajstić information content (AvgIpc) is 3.34. The number of thiophene rings is 1. The molecule has 1 amide bonds. The summed E-state index contributed by atoms with van der Waals surface area (Å²) in [4.78, 5) is 34.9. The lowest BCUT2D eigenvalue weighted by Gasteiger charge is -2.35. The molecule has 8 nitrogen and oxygen atoms in total. The van der Waals surface area contributed by atoms with E-state index in [9.17, 15) is 9.59 Å². The van der Waals surface area contributed by atoms with Crippen molar-refractivity contribution in [3.8, 4) is 5.69 Å². The number of carbonyl (C=O) groups excluding carboxylic acids is 1. The van der Waals surface area contributed by atoms with Crippen LogP contribution in [-0.2, 0) is 11.3 Å². The monoisotopic (exact) mass is 434 g/mol. The number of piperazine rings is 1. The van der Waals surface area contributed by atoms with Gasteiger partial charge in [0, 0.05) is 24.3 Å². The molecule has 2 N–H and O–H groups in total. The molecule has 1 aliphatic heterocycles. The van der Waals surface area contributed by atoms with Crippen LogP contribution < -0.4 is 10.9 Å². The Morgan fingerprint density at radius 2 is 1.97 bits per heavy atom. The Balaban J connectivity index is 1.54. The van der Waals surface area contributed by atoms with E-state index in [2.05, 4.69) is 20.2 Å². The van der Waals surface area contributed by atoms with Crippen molar-refractivity contribution >= 4 is 27.5 Å². The van der Waals surface area contributed by atoms with E-state index < -0.39 is 6.04 Å². The number of nitrogens with one attached hydrogen (secondary N) is 2. The lowest BCUT2D eigenvalue weighted by molar-refractivity contribution is -0.129. The van der Waals surface area contributed by atoms with E-state index in [1.807, 2.05) is 60.3 Å². The van der Waals surface area contributed by atoms with Crippen LogP contribution in [0, 0.1) is 13.8 Å². The number of aryl methyl sites for hydroxylation is 1. The van der Waals surface area contributed by atoms with Crippen molar-refractivity contribution in [2.75, 3.05) is 13.1 Å².